The van der Waals surface area contributed by atoms with Gasteiger partial charge in [-0.1, -0.05) is 25.0 Å². The number of benzene rings is 1. The van der Waals surface area contributed by atoms with Crippen LogP contribution in [0.2, 0.25) is 0 Å². The van der Waals surface area contributed by atoms with Crippen molar-refractivity contribution in [2.45, 2.75) is 43.3 Å². The van der Waals surface area contributed by atoms with Gasteiger partial charge in [-0.05, 0) is 36.8 Å². The zero-order valence-corrected chi connectivity index (χ0v) is 12.8. The van der Waals surface area contributed by atoms with Crippen molar-refractivity contribution in [1.29, 1.82) is 0 Å². The molecule has 1 N–H and O–H groups in total. The minimum atomic E-state index is -4.64. The molecule has 2 nitrogen and oxygen atoms in total. The third-order valence-electron chi connectivity index (χ3n) is 3.86. The van der Waals surface area contributed by atoms with Crippen LogP contribution in [0.1, 0.15) is 31.2 Å². The average Bonchev–Trinajstić information content (AvgIpc) is 2.87. The summed E-state index contributed by atoms with van der Waals surface area (Å²) in [5, 5.41) is 3.37. The van der Waals surface area contributed by atoms with E-state index in [9.17, 15) is 13.2 Å². The summed E-state index contributed by atoms with van der Waals surface area (Å²) in [5.41, 5.74) is 0.797. The number of rotatable bonds is 6. The van der Waals surface area contributed by atoms with Crippen LogP contribution in [0.4, 0.5) is 13.2 Å². The normalized spacial score (nSPS) is 17.9. The summed E-state index contributed by atoms with van der Waals surface area (Å²) in [5.74, 6) is -0.165. The molecule has 0 aromatic heterocycles. The zero-order chi connectivity index (χ0) is 15.3. The van der Waals surface area contributed by atoms with Crippen molar-refractivity contribution in [2.75, 3.05) is 12.8 Å². The summed E-state index contributed by atoms with van der Waals surface area (Å²) in [6, 6.07) is 6.13. The monoisotopic (exact) mass is 319 g/mol. The molecule has 1 aromatic carbocycles. The van der Waals surface area contributed by atoms with Gasteiger partial charge in [-0.15, -0.1) is 13.2 Å². The molecule has 0 bridgehead atoms. The average molecular weight is 319 g/mol. The highest BCUT2D eigenvalue weighted by Gasteiger charge is 2.32. The number of halogens is 3. The van der Waals surface area contributed by atoms with Crippen molar-refractivity contribution in [2.24, 2.45) is 0 Å². The van der Waals surface area contributed by atoms with Gasteiger partial charge in [-0.2, -0.15) is 11.8 Å². The van der Waals surface area contributed by atoms with E-state index in [0.29, 0.717) is 11.3 Å². The molecule has 118 valence electrons. The van der Waals surface area contributed by atoms with Gasteiger partial charge < -0.3 is 10.1 Å². The van der Waals surface area contributed by atoms with E-state index in [0.717, 1.165) is 12.1 Å². The van der Waals surface area contributed by atoms with Crippen LogP contribution in [-0.2, 0) is 6.54 Å². The number of hydrogen-bond donors (Lipinski definition) is 1. The van der Waals surface area contributed by atoms with Crippen LogP contribution in [0.25, 0.3) is 0 Å². The molecule has 1 aromatic rings. The lowest BCUT2D eigenvalue weighted by molar-refractivity contribution is -0.274. The summed E-state index contributed by atoms with van der Waals surface area (Å²) in [6.07, 6.45) is 2.43. The first-order valence-corrected chi connectivity index (χ1v) is 8.25. The van der Waals surface area contributed by atoms with Gasteiger partial charge in [0.25, 0.3) is 0 Å². The van der Waals surface area contributed by atoms with Crippen LogP contribution in [0.5, 0.6) is 5.75 Å². The maximum absolute atomic E-state index is 12.2. The van der Waals surface area contributed by atoms with Gasteiger partial charge in [-0.3, -0.25) is 0 Å². The van der Waals surface area contributed by atoms with Crippen LogP contribution in [-0.4, -0.2) is 23.9 Å². The Labute approximate surface area is 127 Å². The van der Waals surface area contributed by atoms with Gasteiger partial charge in [0.2, 0.25) is 0 Å². The first kappa shape index (κ1) is 16.5. The molecular weight excluding hydrogens is 299 g/mol. The molecule has 0 saturated heterocycles. The van der Waals surface area contributed by atoms with Crippen molar-refractivity contribution >= 4 is 11.8 Å². The van der Waals surface area contributed by atoms with Crippen molar-refractivity contribution in [3.05, 3.63) is 29.8 Å². The fraction of sp³-hybridized carbons (Fsp3) is 0.600. The number of hydrogen-bond acceptors (Lipinski definition) is 3. The molecule has 0 spiro atoms. The van der Waals surface area contributed by atoms with Crippen LogP contribution in [0.3, 0.4) is 0 Å². The van der Waals surface area contributed by atoms with Crippen molar-refractivity contribution in [3.63, 3.8) is 0 Å². The van der Waals surface area contributed by atoms with E-state index in [-0.39, 0.29) is 5.75 Å². The third-order valence-corrected chi connectivity index (χ3v) is 5.27. The maximum Gasteiger partial charge on any atom is 0.573 e. The van der Waals surface area contributed by atoms with Crippen molar-refractivity contribution in [3.8, 4) is 5.75 Å². The minimum Gasteiger partial charge on any atom is -0.406 e. The molecule has 0 radical (unpaired) electrons. The molecule has 1 aliphatic rings. The Morgan fingerprint density at radius 1 is 1.29 bits per heavy atom. The summed E-state index contributed by atoms with van der Waals surface area (Å²) < 4.78 is 40.8. The Morgan fingerprint density at radius 2 is 2.00 bits per heavy atom. The van der Waals surface area contributed by atoms with Crippen molar-refractivity contribution < 1.29 is 17.9 Å². The van der Waals surface area contributed by atoms with Crippen LogP contribution in [0, 0.1) is 0 Å². The van der Waals surface area contributed by atoms with E-state index in [1.54, 1.807) is 12.1 Å². The molecule has 2 rings (SSSR count). The Kier molecular flexibility index (Phi) is 5.43. The molecule has 0 unspecified atom stereocenters. The SMILES string of the molecule is CSC1(CNCc2cccc(OC(F)(F)F)c2)CCCC1. The first-order valence-electron chi connectivity index (χ1n) is 7.03. The largest absolute Gasteiger partial charge is 0.573 e. The molecule has 1 aliphatic carbocycles. The summed E-state index contributed by atoms with van der Waals surface area (Å²) >= 11 is 1.89. The number of nitrogens with one attached hydrogen (secondary N) is 1. The van der Waals surface area contributed by atoms with Crippen LogP contribution < -0.4 is 10.1 Å². The smallest absolute Gasteiger partial charge is 0.406 e. The van der Waals surface area contributed by atoms with Gasteiger partial charge in [0.15, 0.2) is 0 Å². The molecule has 1 saturated carbocycles. The van der Waals surface area contributed by atoms with E-state index in [4.69, 9.17) is 0 Å². The zero-order valence-electron chi connectivity index (χ0n) is 12.0. The summed E-state index contributed by atoms with van der Waals surface area (Å²) in [6.45, 7) is 1.44. The number of alkyl halides is 3. The molecule has 6 heteroatoms. The fourth-order valence-corrected chi connectivity index (χ4v) is 3.70. The fourth-order valence-electron chi connectivity index (χ4n) is 2.76. The van der Waals surface area contributed by atoms with E-state index in [2.05, 4.69) is 16.3 Å². The van der Waals surface area contributed by atoms with E-state index < -0.39 is 6.36 Å². The van der Waals surface area contributed by atoms with Gasteiger partial charge >= 0.3 is 6.36 Å². The van der Waals surface area contributed by atoms with E-state index in [1.165, 1.54) is 37.8 Å². The van der Waals surface area contributed by atoms with Gasteiger partial charge in [0.05, 0.1) is 0 Å². The minimum absolute atomic E-state index is 0.165. The van der Waals surface area contributed by atoms with Gasteiger partial charge in [-0.25, -0.2) is 0 Å². The maximum atomic E-state index is 12.2. The Hall–Kier alpha value is -0.880. The Balaban J connectivity index is 1.87. The molecule has 0 aliphatic heterocycles. The predicted octanol–water partition coefficient (Wildman–Crippen LogP) is 4.35. The second-order valence-corrected chi connectivity index (χ2v) is 6.67. The molecule has 21 heavy (non-hydrogen) atoms. The van der Waals surface area contributed by atoms with Crippen LogP contribution >= 0.6 is 11.8 Å². The highest BCUT2D eigenvalue weighted by Crippen LogP contribution is 2.39. The van der Waals surface area contributed by atoms with Gasteiger partial charge in [0.1, 0.15) is 5.75 Å². The predicted molar refractivity (Wildman–Crippen MR) is 79.5 cm³/mol. The second-order valence-electron chi connectivity index (χ2n) is 5.39. The quantitative estimate of drug-likeness (QED) is 0.842. The molecular formula is C15H20F3NOS. The first-order chi connectivity index (χ1) is 9.92. The lowest BCUT2D eigenvalue weighted by Crippen LogP contribution is -2.34. The molecule has 1 fully saturated rings. The lowest BCUT2D eigenvalue weighted by Gasteiger charge is -2.27. The number of ether oxygens (including phenoxy) is 1. The highest BCUT2D eigenvalue weighted by molar-refractivity contribution is 8.00. The second kappa shape index (κ2) is 6.92. The van der Waals surface area contributed by atoms with Crippen molar-refractivity contribution in [1.82, 2.24) is 5.32 Å². The Morgan fingerprint density at radius 3 is 2.62 bits per heavy atom. The number of thioether (sulfide) groups is 1. The molecule has 0 heterocycles. The lowest BCUT2D eigenvalue weighted by atomic mass is 10.1. The molecule has 0 atom stereocenters. The highest BCUT2D eigenvalue weighted by atomic mass is 32.2. The summed E-state index contributed by atoms with van der Waals surface area (Å²) in [4.78, 5) is 0. The van der Waals surface area contributed by atoms with E-state index in [1.807, 2.05) is 11.8 Å². The topological polar surface area (TPSA) is 21.3 Å². The standard InChI is InChI=1S/C15H20F3NOS/c1-21-14(7-2-3-8-14)11-19-10-12-5-4-6-13(9-12)20-15(16,17)18/h4-6,9,19H,2-3,7-8,10-11H2,1H3. The Bertz CT molecular complexity index is 458. The van der Waals surface area contributed by atoms with Gasteiger partial charge in [0, 0.05) is 17.8 Å². The summed E-state index contributed by atoms with van der Waals surface area (Å²) in [7, 11) is 0. The third kappa shape index (κ3) is 5.11. The van der Waals surface area contributed by atoms with E-state index >= 15 is 0 Å². The molecule has 0 amide bonds. The van der Waals surface area contributed by atoms with Crippen LogP contribution in [0.15, 0.2) is 24.3 Å².